The Hall–Kier alpha value is -2.94. The van der Waals surface area contributed by atoms with Crippen molar-refractivity contribution in [3.63, 3.8) is 0 Å². The van der Waals surface area contributed by atoms with Crippen molar-refractivity contribution < 1.29 is 13.2 Å². The highest BCUT2D eigenvalue weighted by atomic mass is 32.2. The first-order valence-electron chi connectivity index (χ1n) is 11.1. The van der Waals surface area contributed by atoms with Gasteiger partial charge in [0.15, 0.2) is 0 Å². The zero-order valence-electron chi connectivity index (χ0n) is 18.4. The molecule has 1 aromatic heterocycles. The van der Waals surface area contributed by atoms with E-state index in [0.717, 1.165) is 30.9 Å². The molecule has 0 saturated carbocycles. The SMILES string of the molecule is CC[C@H](C)[C@H](N=C1NS(=O)(=O)c2ccccc21)C(=O)NCc1ccnc(N2CCCC2)c1. The molecule has 2 atom stereocenters. The van der Waals surface area contributed by atoms with Gasteiger partial charge in [0, 0.05) is 31.4 Å². The summed E-state index contributed by atoms with van der Waals surface area (Å²) in [6, 6.07) is 9.88. The standard InChI is InChI=1S/C23H29N5O3S/c1-3-16(2)21(26-22-18-8-4-5-9-19(18)32(30,31)27-22)23(29)25-15-17-10-11-24-20(14-17)28-12-6-7-13-28/h4-5,8-11,14,16,21H,3,6-7,12-13,15H2,1-2H3,(H,25,29)(H,26,27)/t16-,21-/m0/s1. The van der Waals surface area contributed by atoms with Crippen molar-refractivity contribution in [2.45, 2.75) is 50.6 Å². The lowest BCUT2D eigenvalue weighted by Crippen LogP contribution is -2.39. The molecule has 32 heavy (non-hydrogen) atoms. The summed E-state index contributed by atoms with van der Waals surface area (Å²) >= 11 is 0. The van der Waals surface area contributed by atoms with Gasteiger partial charge in [-0.15, -0.1) is 0 Å². The molecule has 4 rings (SSSR count). The van der Waals surface area contributed by atoms with Crippen molar-refractivity contribution in [2.24, 2.45) is 10.9 Å². The number of aliphatic imine (C=N–C) groups is 1. The first-order valence-corrected chi connectivity index (χ1v) is 12.5. The molecule has 170 valence electrons. The van der Waals surface area contributed by atoms with Gasteiger partial charge in [-0.05, 0) is 48.6 Å². The molecule has 0 bridgehead atoms. The largest absolute Gasteiger partial charge is 0.357 e. The number of hydrogen-bond donors (Lipinski definition) is 2. The van der Waals surface area contributed by atoms with Crippen LogP contribution in [-0.2, 0) is 21.4 Å². The van der Waals surface area contributed by atoms with Crippen LogP contribution in [0.2, 0.25) is 0 Å². The summed E-state index contributed by atoms with van der Waals surface area (Å²) in [6.07, 6.45) is 4.85. The predicted molar refractivity (Wildman–Crippen MR) is 124 cm³/mol. The fraction of sp³-hybridized carbons (Fsp3) is 0.435. The molecule has 2 aliphatic heterocycles. The van der Waals surface area contributed by atoms with Crippen molar-refractivity contribution in [1.29, 1.82) is 0 Å². The number of nitrogens with zero attached hydrogens (tertiary/aromatic N) is 3. The minimum absolute atomic E-state index is 0.0580. The van der Waals surface area contributed by atoms with E-state index >= 15 is 0 Å². The molecule has 1 fully saturated rings. The zero-order chi connectivity index (χ0) is 22.7. The Bertz CT molecular complexity index is 1130. The Morgan fingerprint density at radius 2 is 2.00 bits per heavy atom. The Morgan fingerprint density at radius 3 is 2.75 bits per heavy atom. The van der Waals surface area contributed by atoms with Crippen LogP contribution in [0.1, 0.15) is 44.2 Å². The maximum Gasteiger partial charge on any atom is 0.263 e. The second-order valence-corrected chi connectivity index (χ2v) is 9.99. The summed E-state index contributed by atoms with van der Waals surface area (Å²) in [4.78, 5) is 24.6. The summed E-state index contributed by atoms with van der Waals surface area (Å²) < 4.78 is 27.3. The van der Waals surface area contributed by atoms with Crippen LogP contribution in [0.5, 0.6) is 0 Å². The van der Waals surface area contributed by atoms with E-state index in [1.807, 2.05) is 26.0 Å². The first-order chi connectivity index (χ1) is 15.4. The van der Waals surface area contributed by atoms with Crippen LogP contribution in [0.4, 0.5) is 5.82 Å². The smallest absolute Gasteiger partial charge is 0.263 e. The summed E-state index contributed by atoms with van der Waals surface area (Å²) in [5.41, 5.74) is 1.47. The quantitative estimate of drug-likeness (QED) is 0.667. The molecule has 1 amide bonds. The van der Waals surface area contributed by atoms with Gasteiger partial charge in [0.1, 0.15) is 17.7 Å². The Kier molecular flexibility index (Phi) is 6.45. The number of pyridine rings is 1. The monoisotopic (exact) mass is 455 g/mol. The van der Waals surface area contributed by atoms with E-state index in [1.165, 1.54) is 12.8 Å². The number of amidine groups is 1. The van der Waals surface area contributed by atoms with Crippen molar-refractivity contribution in [3.8, 4) is 0 Å². The first kappa shape index (κ1) is 22.3. The lowest BCUT2D eigenvalue weighted by molar-refractivity contribution is -0.123. The second-order valence-electron chi connectivity index (χ2n) is 8.34. The van der Waals surface area contributed by atoms with Gasteiger partial charge < -0.3 is 10.2 Å². The van der Waals surface area contributed by atoms with Gasteiger partial charge in [-0.3, -0.25) is 14.5 Å². The zero-order valence-corrected chi connectivity index (χ0v) is 19.2. The van der Waals surface area contributed by atoms with Gasteiger partial charge in [-0.2, -0.15) is 0 Å². The van der Waals surface area contributed by atoms with Crippen molar-refractivity contribution in [2.75, 3.05) is 18.0 Å². The molecule has 2 N–H and O–H groups in total. The van der Waals surface area contributed by atoms with Gasteiger partial charge in [-0.1, -0.05) is 32.4 Å². The van der Waals surface area contributed by atoms with Crippen molar-refractivity contribution >= 4 is 27.6 Å². The lowest BCUT2D eigenvalue weighted by Gasteiger charge is -2.20. The normalized spacial score (nSPS) is 19.9. The molecule has 1 aromatic carbocycles. The number of amides is 1. The molecule has 9 heteroatoms. The molecule has 0 unspecified atom stereocenters. The lowest BCUT2D eigenvalue weighted by atomic mass is 9.98. The van der Waals surface area contributed by atoms with Crippen molar-refractivity contribution in [1.82, 2.24) is 15.0 Å². The number of benzene rings is 1. The van der Waals surface area contributed by atoms with Crippen LogP contribution in [-0.4, -0.2) is 44.3 Å². The van der Waals surface area contributed by atoms with Gasteiger partial charge >= 0.3 is 0 Å². The summed E-state index contributed by atoms with van der Waals surface area (Å²) in [7, 11) is -3.65. The minimum atomic E-state index is -3.65. The van der Waals surface area contributed by atoms with Gasteiger partial charge in [0.05, 0.1) is 4.90 Å². The number of anilines is 1. The Labute approximate surface area is 189 Å². The van der Waals surface area contributed by atoms with Crippen LogP contribution in [0, 0.1) is 5.92 Å². The molecule has 1 saturated heterocycles. The van der Waals surface area contributed by atoms with Crippen LogP contribution < -0.4 is 14.9 Å². The molecule has 2 aliphatic rings. The van der Waals surface area contributed by atoms with E-state index in [9.17, 15) is 13.2 Å². The van der Waals surface area contributed by atoms with Gasteiger partial charge in [-0.25, -0.2) is 13.4 Å². The fourth-order valence-electron chi connectivity index (χ4n) is 4.02. The molecule has 2 aromatic rings. The van der Waals surface area contributed by atoms with Gasteiger partial charge in [0.25, 0.3) is 10.0 Å². The third-order valence-corrected chi connectivity index (χ3v) is 7.49. The Morgan fingerprint density at radius 1 is 1.25 bits per heavy atom. The number of rotatable bonds is 7. The minimum Gasteiger partial charge on any atom is -0.357 e. The summed E-state index contributed by atoms with van der Waals surface area (Å²) in [6.45, 7) is 6.31. The number of hydrogen-bond acceptors (Lipinski definition) is 6. The van der Waals surface area contributed by atoms with E-state index < -0.39 is 16.1 Å². The molecular weight excluding hydrogens is 426 g/mol. The Balaban J connectivity index is 1.51. The van der Waals surface area contributed by atoms with Crippen LogP contribution in [0.15, 0.2) is 52.5 Å². The van der Waals surface area contributed by atoms with Crippen LogP contribution in [0.25, 0.3) is 0 Å². The molecular formula is C23H29N5O3S. The maximum atomic E-state index is 13.1. The highest BCUT2D eigenvalue weighted by Gasteiger charge is 2.33. The third kappa shape index (κ3) is 4.62. The van der Waals surface area contributed by atoms with E-state index in [2.05, 4.69) is 24.9 Å². The van der Waals surface area contributed by atoms with E-state index in [4.69, 9.17) is 0 Å². The highest BCUT2D eigenvalue weighted by molar-refractivity contribution is 7.90. The molecule has 8 nitrogen and oxygen atoms in total. The van der Waals surface area contributed by atoms with Crippen LogP contribution >= 0.6 is 0 Å². The fourth-order valence-corrected chi connectivity index (χ4v) is 5.26. The van der Waals surface area contributed by atoms with E-state index in [0.29, 0.717) is 12.1 Å². The molecule has 3 heterocycles. The number of carbonyl (C=O) groups is 1. The number of nitrogens with one attached hydrogen (secondary N) is 2. The number of carbonyl (C=O) groups excluding carboxylic acids is 1. The molecule has 0 radical (unpaired) electrons. The molecule has 0 spiro atoms. The number of aromatic nitrogens is 1. The maximum absolute atomic E-state index is 13.1. The van der Waals surface area contributed by atoms with Crippen molar-refractivity contribution in [3.05, 3.63) is 53.7 Å². The third-order valence-electron chi connectivity index (χ3n) is 6.09. The summed E-state index contributed by atoms with van der Waals surface area (Å²) in [5, 5.41) is 2.98. The summed E-state index contributed by atoms with van der Waals surface area (Å²) in [5.74, 6) is 0.874. The molecule has 0 aliphatic carbocycles. The predicted octanol–water partition coefficient (Wildman–Crippen LogP) is 2.45. The van der Waals surface area contributed by atoms with Gasteiger partial charge in [0.2, 0.25) is 5.91 Å². The highest BCUT2D eigenvalue weighted by Crippen LogP contribution is 2.24. The average Bonchev–Trinajstić information content (AvgIpc) is 3.42. The van der Waals surface area contributed by atoms with E-state index in [-0.39, 0.29) is 22.6 Å². The van der Waals surface area contributed by atoms with Crippen LogP contribution in [0.3, 0.4) is 0 Å². The second kappa shape index (κ2) is 9.28. The average molecular weight is 456 g/mol. The van der Waals surface area contributed by atoms with E-state index in [1.54, 1.807) is 30.5 Å². The topological polar surface area (TPSA) is 104 Å². The number of fused-ring (bicyclic) bond motifs is 1. The number of sulfonamides is 1.